The van der Waals surface area contributed by atoms with E-state index < -0.39 is 0 Å². The largest absolute Gasteiger partial charge is 0.506 e. The molecule has 1 aromatic rings. The van der Waals surface area contributed by atoms with Gasteiger partial charge in [-0.3, -0.25) is 0 Å². The van der Waals surface area contributed by atoms with Crippen LogP contribution in [0.5, 0.6) is 5.75 Å². The number of phenols is 1. The first-order valence-corrected chi connectivity index (χ1v) is 6.28. The Labute approximate surface area is 105 Å². The Bertz CT molecular complexity index is 389. The normalized spacial score (nSPS) is 18.9. The summed E-state index contributed by atoms with van der Waals surface area (Å²) in [4.78, 5) is 0. The third kappa shape index (κ3) is 2.29. The van der Waals surface area contributed by atoms with Gasteiger partial charge in [-0.1, -0.05) is 36.0 Å². The van der Waals surface area contributed by atoms with Crippen molar-refractivity contribution in [3.8, 4) is 5.75 Å². The van der Waals surface area contributed by atoms with Gasteiger partial charge in [0.15, 0.2) is 0 Å². The molecule has 2 rings (SSSR count). The zero-order valence-electron chi connectivity index (χ0n) is 8.92. The fourth-order valence-electron chi connectivity index (χ4n) is 2.41. The zero-order chi connectivity index (χ0) is 11.7. The van der Waals surface area contributed by atoms with Gasteiger partial charge in [-0.15, -0.1) is 0 Å². The molecular formula is C12H15Cl2NO. The summed E-state index contributed by atoms with van der Waals surface area (Å²) in [5.74, 6) is 0.505. The van der Waals surface area contributed by atoms with Crippen molar-refractivity contribution in [3.63, 3.8) is 0 Å². The number of aromatic hydroxyl groups is 1. The molecule has 88 valence electrons. The van der Waals surface area contributed by atoms with Gasteiger partial charge in [0.1, 0.15) is 5.75 Å². The van der Waals surface area contributed by atoms with Gasteiger partial charge in [-0.2, -0.15) is 0 Å². The first-order chi connectivity index (χ1) is 7.59. The molecule has 1 aromatic carbocycles. The van der Waals surface area contributed by atoms with Crippen LogP contribution in [0.1, 0.15) is 37.3 Å². The molecule has 0 bridgehead atoms. The van der Waals surface area contributed by atoms with Crippen molar-refractivity contribution in [1.82, 2.24) is 0 Å². The van der Waals surface area contributed by atoms with Crippen molar-refractivity contribution in [1.29, 1.82) is 0 Å². The van der Waals surface area contributed by atoms with Crippen molar-refractivity contribution < 1.29 is 5.11 Å². The van der Waals surface area contributed by atoms with E-state index in [0.717, 1.165) is 12.8 Å². The van der Waals surface area contributed by atoms with E-state index in [1.807, 2.05) is 0 Å². The first kappa shape index (κ1) is 12.0. The summed E-state index contributed by atoms with van der Waals surface area (Å²) in [6, 6.07) is 3.08. The Morgan fingerprint density at radius 1 is 1.25 bits per heavy atom. The van der Waals surface area contributed by atoms with E-state index >= 15 is 0 Å². The summed E-state index contributed by atoms with van der Waals surface area (Å²) in [6.45, 7) is 0. The van der Waals surface area contributed by atoms with Crippen LogP contribution in [0, 0.1) is 5.92 Å². The third-order valence-corrected chi connectivity index (χ3v) is 3.83. The second kappa shape index (κ2) is 4.82. The van der Waals surface area contributed by atoms with Crippen molar-refractivity contribution >= 4 is 23.2 Å². The molecule has 16 heavy (non-hydrogen) atoms. The average molecular weight is 260 g/mol. The summed E-state index contributed by atoms with van der Waals surface area (Å²) in [5.41, 5.74) is 6.83. The highest BCUT2D eigenvalue weighted by molar-refractivity contribution is 6.35. The van der Waals surface area contributed by atoms with E-state index in [0.29, 0.717) is 16.5 Å². The van der Waals surface area contributed by atoms with Crippen LogP contribution in [0.3, 0.4) is 0 Å². The maximum absolute atomic E-state index is 9.88. The fourth-order valence-corrected chi connectivity index (χ4v) is 2.92. The van der Waals surface area contributed by atoms with Gasteiger partial charge in [-0.05, 0) is 30.9 Å². The third-order valence-electron chi connectivity index (χ3n) is 3.32. The van der Waals surface area contributed by atoms with E-state index in [2.05, 4.69) is 0 Å². The summed E-state index contributed by atoms with van der Waals surface area (Å²) in [7, 11) is 0. The highest BCUT2D eigenvalue weighted by Gasteiger charge is 2.26. The second-order valence-electron chi connectivity index (χ2n) is 4.40. The van der Waals surface area contributed by atoms with Crippen LogP contribution in [-0.2, 0) is 0 Å². The lowest BCUT2D eigenvalue weighted by atomic mass is 9.92. The number of benzene rings is 1. The van der Waals surface area contributed by atoms with Crippen LogP contribution in [0.15, 0.2) is 12.1 Å². The van der Waals surface area contributed by atoms with Crippen molar-refractivity contribution in [3.05, 3.63) is 27.7 Å². The molecule has 1 atom stereocenters. The zero-order valence-corrected chi connectivity index (χ0v) is 10.4. The smallest absolute Gasteiger partial charge is 0.139 e. The van der Waals surface area contributed by atoms with Crippen LogP contribution in [-0.4, -0.2) is 5.11 Å². The summed E-state index contributed by atoms with van der Waals surface area (Å²) >= 11 is 11.8. The van der Waals surface area contributed by atoms with E-state index in [9.17, 15) is 5.11 Å². The van der Waals surface area contributed by atoms with Gasteiger partial charge in [0.05, 0.1) is 5.02 Å². The van der Waals surface area contributed by atoms with Crippen molar-refractivity contribution in [2.24, 2.45) is 11.7 Å². The van der Waals surface area contributed by atoms with Gasteiger partial charge in [-0.25, -0.2) is 0 Å². The number of hydrogen-bond acceptors (Lipinski definition) is 2. The molecule has 0 spiro atoms. The monoisotopic (exact) mass is 259 g/mol. The summed E-state index contributed by atoms with van der Waals surface area (Å²) < 4.78 is 0. The molecule has 0 unspecified atom stereocenters. The molecule has 0 heterocycles. The number of halogens is 2. The molecule has 4 heteroatoms. The van der Waals surface area contributed by atoms with E-state index in [-0.39, 0.29) is 16.8 Å². The standard InChI is InChI=1S/C12H15Cl2NO/c13-8-5-9(12(16)10(14)6-8)11(15)7-3-1-2-4-7/h5-7,11,16H,1-4,15H2/t11-/m1/s1. The quantitative estimate of drug-likeness (QED) is 0.847. The van der Waals surface area contributed by atoms with Crippen molar-refractivity contribution in [2.75, 3.05) is 0 Å². The minimum Gasteiger partial charge on any atom is -0.506 e. The van der Waals surface area contributed by atoms with Gasteiger partial charge >= 0.3 is 0 Å². The number of nitrogens with two attached hydrogens (primary N) is 1. The van der Waals surface area contributed by atoms with Gasteiger partial charge in [0.2, 0.25) is 0 Å². The van der Waals surface area contributed by atoms with Crippen LogP contribution >= 0.6 is 23.2 Å². The molecule has 2 nitrogen and oxygen atoms in total. The molecule has 0 aliphatic heterocycles. The highest BCUT2D eigenvalue weighted by atomic mass is 35.5. The molecule has 0 radical (unpaired) electrons. The molecular weight excluding hydrogens is 245 g/mol. The molecule has 3 N–H and O–H groups in total. The van der Waals surface area contributed by atoms with Crippen LogP contribution in [0.4, 0.5) is 0 Å². The van der Waals surface area contributed by atoms with E-state index in [4.69, 9.17) is 28.9 Å². The molecule has 0 amide bonds. The molecule has 1 aliphatic rings. The van der Waals surface area contributed by atoms with Gasteiger partial charge in [0, 0.05) is 16.6 Å². The summed E-state index contributed by atoms with van der Waals surface area (Å²) in [5, 5.41) is 10.7. The Morgan fingerprint density at radius 3 is 2.50 bits per heavy atom. The molecule has 1 fully saturated rings. The fraction of sp³-hybridized carbons (Fsp3) is 0.500. The summed E-state index contributed by atoms with van der Waals surface area (Å²) in [6.07, 6.45) is 4.66. The molecule has 0 aromatic heterocycles. The van der Waals surface area contributed by atoms with E-state index in [1.54, 1.807) is 6.07 Å². The van der Waals surface area contributed by atoms with Crippen LogP contribution < -0.4 is 5.73 Å². The highest BCUT2D eigenvalue weighted by Crippen LogP contribution is 2.40. The lowest BCUT2D eigenvalue weighted by molar-refractivity contribution is 0.412. The molecule has 1 aliphatic carbocycles. The number of hydrogen-bond donors (Lipinski definition) is 2. The predicted octanol–water partition coefficient (Wildman–Crippen LogP) is 3.89. The Hall–Kier alpha value is -0.440. The number of rotatable bonds is 2. The van der Waals surface area contributed by atoms with Gasteiger partial charge < -0.3 is 10.8 Å². The Morgan fingerprint density at radius 2 is 1.88 bits per heavy atom. The first-order valence-electron chi connectivity index (χ1n) is 5.53. The maximum atomic E-state index is 9.88. The lowest BCUT2D eigenvalue weighted by Gasteiger charge is -2.20. The Kier molecular flexibility index (Phi) is 3.63. The van der Waals surface area contributed by atoms with Crippen molar-refractivity contribution in [2.45, 2.75) is 31.7 Å². The second-order valence-corrected chi connectivity index (χ2v) is 5.24. The number of phenolic OH excluding ortho intramolecular Hbond substituents is 1. The minimum atomic E-state index is -0.168. The minimum absolute atomic E-state index is 0.0745. The van der Waals surface area contributed by atoms with E-state index in [1.165, 1.54) is 18.9 Å². The SMILES string of the molecule is N[C@@H](c1cc(Cl)cc(Cl)c1O)C1CCCC1. The average Bonchev–Trinajstić information content (AvgIpc) is 2.75. The van der Waals surface area contributed by atoms with Crippen LogP contribution in [0.25, 0.3) is 0 Å². The maximum Gasteiger partial charge on any atom is 0.139 e. The van der Waals surface area contributed by atoms with Crippen LogP contribution in [0.2, 0.25) is 10.0 Å². The molecule has 0 saturated heterocycles. The topological polar surface area (TPSA) is 46.2 Å². The molecule has 1 saturated carbocycles. The Balaban J connectivity index is 2.31. The predicted molar refractivity (Wildman–Crippen MR) is 67.0 cm³/mol. The van der Waals surface area contributed by atoms with Gasteiger partial charge in [0.25, 0.3) is 0 Å². The lowest BCUT2D eigenvalue weighted by Crippen LogP contribution is -2.19.